The number of esters is 1. The molecule has 2 aromatic carbocycles. The number of amides is 1. The van der Waals surface area contributed by atoms with E-state index in [0.717, 1.165) is 0 Å². The molecule has 0 unspecified atom stereocenters. The molecule has 0 bridgehead atoms. The Morgan fingerprint density at radius 3 is 2.42 bits per heavy atom. The van der Waals surface area contributed by atoms with Gasteiger partial charge in [-0.05, 0) is 37.3 Å². The Bertz CT molecular complexity index is 825. The zero-order valence-electron chi connectivity index (χ0n) is 14.3. The molecular weight excluding hydrogens is 381 g/mol. The topological polar surface area (TPSA) is 73.9 Å². The van der Waals surface area contributed by atoms with Crippen LogP contribution < -0.4 is 14.8 Å². The Morgan fingerprint density at radius 2 is 1.77 bits per heavy atom. The fourth-order valence-electron chi connectivity index (χ4n) is 2.07. The van der Waals surface area contributed by atoms with Crippen LogP contribution in [0.25, 0.3) is 0 Å². The van der Waals surface area contributed by atoms with Gasteiger partial charge in [-0.1, -0.05) is 23.2 Å². The summed E-state index contributed by atoms with van der Waals surface area (Å²) in [5.74, 6) is -0.445. The zero-order valence-corrected chi connectivity index (χ0v) is 15.9. The van der Waals surface area contributed by atoms with Crippen molar-refractivity contribution in [2.24, 2.45) is 0 Å². The fourth-order valence-corrected chi connectivity index (χ4v) is 2.41. The highest BCUT2D eigenvalue weighted by Gasteiger charge is 2.22. The summed E-state index contributed by atoms with van der Waals surface area (Å²) < 4.78 is 15.4. The summed E-state index contributed by atoms with van der Waals surface area (Å²) in [5.41, 5.74) is 0.503. The molecule has 0 saturated heterocycles. The number of hydrogen-bond donors (Lipinski definition) is 1. The van der Waals surface area contributed by atoms with E-state index >= 15 is 0 Å². The maximum atomic E-state index is 12.3. The van der Waals surface area contributed by atoms with Crippen LogP contribution in [-0.2, 0) is 9.53 Å². The van der Waals surface area contributed by atoms with Gasteiger partial charge in [0.05, 0.1) is 24.9 Å². The normalized spacial score (nSPS) is 11.4. The van der Waals surface area contributed by atoms with Crippen LogP contribution in [0.3, 0.4) is 0 Å². The van der Waals surface area contributed by atoms with Crippen molar-refractivity contribution in [2.75, 3.05) is 19.5 Å². The minimum atomic E-state index is -1.07. The molecule has 0 radical (unpaired) electrons. The number of ether oxygens (including phenoxy) is 3. The van der Waals surface area contributed by atoms with Crippen molar-refractivity contribution in [1.82, 2.24) is 0 Å². The van der Waals surface area contributed by atoms with Gasteiger partial charge in [0.1, 0.15) is 17.1 Å². The number of methoxy groups -OCH3 is 2. The van der Waals surface area contributed by atoms with Gasteiger partial charge in [-0.2, -0.15) is 0 Å². The van der Waals surface area contributed by atoms with Gasteiger partial charge in [0, 0.05) is 11.1 Å². The quantitative estimate of drug-likeness (QED) is 0.739. The van der Waals surface area contributed by atoms with Crippen LogP contribution in [-0.4, -0.2) is 32.2 Å². The SMILES string of the molecule is COc1ccc(C(=O)O[C@@H](C)C(=O)Nc2cc(Cl)ccc2Cl)c(OC)c1. The first-order valence-corrected chi connectivity index (χ1v) is 8.30. The third kappa shape index (κ3) is 4.80. The fraction of sp³-hybridized carbons (Fsp3) is 0.222. The van der Waals surface area contributed by atoms with Gasteiger partial charge in [-0.25, -0.2) is 4.79 Å². The molecule has 2 aromatic rings. The standard InChI is InChI=1S/C18H17Cl2NO5/c1-10(17(22)21-15-8-11(19)4-7-14(15)20)26-18(23)13-6-5-12(24-2)9-16(13)25-3/h4-10H,1-3H3,(H,21,22)/t10-/m0/s1. The lowest BCUT2D eigenvalue weighted by Crippen LogP contribution is -2.30. The van der Waals surface area contributed by atoms with Crippen LogP contribution in [0.4, 0.5) is 5.69 Å². The number of nitrogens with one attached hydrogen (secondary N) is 1. The number of carbonyl (C=O) groups is 2. The number of hydrogen-bond acceptors (Lipinski definition) is 5. The third-order valence-corrected chi connectivity index (χ3v) is 4.03. The molecule has 1 N–H and O–H groups in total. The third-order valence-electron chi connectivity index (χ3n) is 3.47. The molecular formula is C18H17Cl2NO5. The average Bonchev–Trinajstić information content (AvgIpc) is 2.63. The van der Waals surface area contributed by atoms with Crippen molar-refractivity contribution >= 4 is 40.8 Å². The average molecular weight is 398 g/mol. The number of benzene rings is 2. The van der Waals surface area contributed by atoms with E-state index in [9.17, 15) is 9.59 Å². The van der Waals surface area contributed by atoms with Crippen LogP contribution in [0.15, 0.2) is 36.4 Å². The summed E-state index contributed by atoms with van der Waals surface area (Å²) in [7, 11) is 2.92. The van der Waals surface area contributed by atoms with E-state index in [1.54, 1.807) is 24.3 Å². The van der Waals surface area contributed by atoms with E-state index in [1.807, 2.05) is 0 Å². The molecule has 0 heterocycles. The van der Waals surface area contributed by atoms with E-state index in [0.29, 0.717) is 21.5 Å². The van der Waals surface area contributed by atoms with E-state index in [-0.39, 0.29) is 11.3 Å². The maximum absolute atomic E-state index is 12.3. The first kappa shape index (κ1) is 19.9. The molecule has 6 nitrogen and oxygen atoms in total. The van der Waals surface area contributed by atoms with Crippen molar-refractivity contribution < 1.29 is 23.8 Å². The summed E-state index contributed by atoms with van der Waals surface area (Å²) >= 11 is 11.9. The first-order chi connectivity index (χ1) is 12.3. The van der Waals surface area contributed by atoms with Gasteiger partial charge in [0.2, 0.25) is 0 Å². The largest absolute Gasteiger partial charge is 0.497 e. The molecule has 0 aliphatic heterocycles. The van der Waals surface area contributed by atoms with Gasteiger partial charge in [0.15, 0.2) is 6.10 Å². The monoisotopic (exact) mass is 397 g/mol. The molecule has 0 aliphatic rings. The van der Waals surface area contributed by atoms with Crippen LogP contribution >= 0.6 is 23.2 Å². The maximum Gasteiger partial charge on any atom is 0.342 e. The lowest BCUT2D eigenvalue weighted by molar-refractivity contribution is -0.123. The second kappa shape index (κ2) is 8.78. The van der Waals surface area contributed by atoms with Gasteiger partial charge in [-0.15, -0.1) is 0 Å². The summed E-state index contributed by atoms with van der Waals surface area (Å²) in [6.07, 6.45) is -1.07. The molecule has 0 spiro atoms. The first-order valence-electron chi connectivity index (χ1n) is 7.54. The van der Waals surface area contributed by atoms with Crippen LogP contribution in [0, 0.1) is 0 Å². The van der Waals surface area contributed by atoms with E-state index in [2.05, 4.69) is 5.32 Å². The highest BCUT2D eigenvalue weighted by molar-refractivity contribution is 6.35. The Kier molecular flexibility index (Phi) is 6.71. The van der Waals surface area contributed by atoms with Crippen molar-refractivity contribution in [2.45, 2.75) is 13.0 Å². The number of rotatable bonds is 6. The molecule has 0 aliphatic carbocycles. The highest BCUT2D eigenvalue weighted by atomic mass is 35.5. The van der Waals surface area contributed by atoms with Gasteiger partial charge < -0.3 is 19.5 Å². The predicted octanol–water partition coefficient (Wildman–Crippen LogP) is 4.19. The van der Waals surface area contributed by atoms with Gasteiger partial charge in [0.25, 0.3) is 5.91 Å². The molecule has 8 heteroatoms. The Morgan fingerprint density at radius 1 is 1.04 bits per heavy atom. The minimum Gasteiger partial charge on any atom is -0.497 e. The van der Waals surface area contributed by atoms with Crippen molar-refractivity contribution in [3.63, 3.8) is 0 Å². The molecule has 26 heavy (non-hydrogen) atoms. The number of anilines is 1. The van der Waals surface area contributed by atoms with E-state index in [1.165, 1.54) is 33.3 Å². The summed E-state index contributed by atoms with van der Waals surface area (Å²) in [4.78, 5) is 24.6. The molecule has 0 saturated carbocycles. The van der Waals surface area contributed by atoms with Crippen LogP contribution in [0.5, 0.6) is 11.5 Å². The lowest BCUT2D eigenvalue weighted by Gasteiger charge is -2.16. The van der Waals surface area contributed by atoms with E-state index in [4.69, 9.17) is 37.4 Å². The second-order valence-electron chi connectivity index (χ2n) is 5.23. The summed E-state index contributed by atoms with van der Waals surface area (Å²) in [5, 5.41) is 3.30. The number of halogens is 2. The Hall–Kier alpha value is -2.44. The number of carbonyl (C=O) groups excluding carboxylic acids is 2. The predicted molar refractivity (Wildman–Crippen MR) is 99.5 cm³/mol. The van der Waals surface area contributed by atoms with Gasteiger partial charge >= 0.3 is 5.97 Å². The minimum absolute atomic E-state index is 0.175. The lowest BCUT2D eigenvalue weighted by atomic mass is 10.2. The summed E-state index contributed by atoms with van der Waals surface area (Å²) in [6.45, 7) is 1.45. The molecule has 138 valence electrons. The van der Waals surface area contributed by atoms with Crippen molar-refractivity contribution in [3.8, 4) is 11.5 Å². The summed E-state index contributed by atoms with van der Waals surface area (Å²) in [6, 6.07) is 9.29. The van der Waals surface area contributed by atoms with Crippen molar-refractivity contribution in [3.05, 3.63) is 52.0 Å². The molecule has 0 aromatic heterocycles. The van der Waals surface area contributed by atoms with Gasteiger partial charge in [-0.3, -0.25) is 4.79 Å². The molecule has 2 rings (SSSR count). The molecule has 0 fully saturated rings. The Labute approximate surface area is 160 Å². The van der Waals surface area contributed by atoms with Crippen LogP contribution in [0.1, 0.15) is 17.3 Å². The second-order valence-corrected chi connectivity index (χ2v) is 6.07. The van der Waals surface area contributed by atoms with E-state index < -0.39 is 18.0 Å². The Balaban J connectivity index is 2.09. The zero-order chi connectivity index (χ0) is 19.3. The molecule has 1 atom stereocenters. The van der Waals surface area contributed by atoms with Crippen LogP contribution in [0.2, 0.25) is 10.0 Å². The van der Waals surface area contributed by atoms with Crippen molar-refractivity contribution in [1.29, 1.82) is 0 Å². The smallest absolute Gasteiger partial charge is 0.342 e. The highest BCUT2D eigenvalue weighted by Crippen LogP contribution is 2.27. The molecule has 1 amide bonds.